The summed E-state index contributed by atoms with van der Waals surface area (Å²) in [6, 6.07) is 17.0. The Hall–Kier alpha value is -3.62. The average molecular weight is 584 g/mol. The van der Waals surface area contributed by atoms with Crippen molar-refractivity contribution in [3.8, 4) is 11.5 Å². The third-order valence-corrected chi connectivity index (χ3v) is 6.44. The van der Waals surface area contributed by atoms with Crippen LogP contribution in [0.5, 0.6) is 11.5 Å². The predicted molar refractivity (Wildman–Crippen MR) is 146 cm³/mol. The number of aryl methyl sites for hydroxylation is 1. The second-order valence-electron chi connectivity index (χ2n) is 8.16. The highest BCUT2D eigenvalue weighted by atomic mass is 79.9. The highest BCUT2D eigenvalue weighted by Gasteiger charge is 2.36. The van der Waals surface area contributed by atoms with Crippen LogP contribution in [0.15, 0.2) is 70.7 Å². The van der Waals surface area contributed by atoms with Crippen molar-refractivity contribution in [1.29, 1.82) is 0 Å². The minimum Gasteiger partial charge on any atom is -0.490 e. The van der Waals surface area contributed by atoms with Gasteiger partial charge in [-0.3, -0.25) is 14.9 Å². The SMILES string of the molecule is CCOc1cc(/C=C2\C(=O)NC(=O)N(c3ccc(CC)cc3)C2=O)cc(Br)c1OCc1cccc(Cl)c1. The van der Waals surface area contributed by atoms with E-state index >= 15 is 0 Å². The number of benzene rings is 3. The van der Waals surface area contributed by atoms with Crippen molar-refractivity contribution >= 4 is 57.1 Å². The average Bonchev–Trinajstić information content (AvgIpc) is 2.86. The van der Waals surface area contributed by atoms with Crippen LogP contribution in [-0.4, -0.2) is 24.5 Å². The summed E-state index contributed by atoms with van der Waals surface area (Å²) in [6.07, 6.45) is 2.24. The predicted octanol–water partition coefficient (Wildman–Crippen LogP) is 6.31. The van der Waals surface area contributed by atoms with Crippen LogP contribution in [0.2, 0.25) is 5.02 Å². The van der Waals surface area contributed by atoms with Crippen LogP contribution in [0.1, 0.15) is 30.5 Å². The van der Waals surface area contributed by atoms with E-state index in [1.165, 1.54) is 6.08 Å². The van der Waals surface area contributed by atoms with Gasteiger partial charge in [0, 0.05) is 5.02 Å². The first-order valence-electron chi connectivity index (χ1n) is 11.6. The summed E-state index contributed by atoms with van der Waals surface area (Å²) in [5.74, 6) is -0.589. The lowest BCUT2D eigenvalue weighted by molar-refractivity contribution is -0.122. The van der Waals surface area contributed by atoms with Crippen molar-refractivity contribution in [2.75, 3.05) is 11.5 Å². The molecular weight excluding hydrogens is 560 g/mol. The van der Waals surface area contributed by atoms with Gasteiger partial charge in [-0.25, -0.2) is 9.69 Å². The van der Waals surface area contributed by atoms with E-state index in [9.17, 15) is 14.4 Å². The molecule has 4 rings (SSSR count). The first kappa shape index (κ1) is 26.4. The standard InChI is InChI=1S/C28H24BrClN2O5/c1-3-17-8-10-21(11-9-17)32-27(34)22(26(33)31-28(32)35)13-19-14-23(29)25(24(15-19)36-4-2)37-16-18-6-5-7-20(30)12-18/h5-15H,3-4,16H2,1-2H3,(H,31,33,35)/b22-13+. The van der Waals surface area contributed by atoms with Crippen LogP contribution in [-0.2, 0) is 22.6 Å². The molecule has 1 fully saturated rings. The molecule has 37 heavy (non-hydrogen) atoms. The van der Waals surface area contributed by atoms with Crippen molar-refractivity contribution in [2.45, 2.75) is 26.9 Å². The van der Waals surface area contributed by atoms with Crippen LogP contribution in [0, 0.1) is 0 Å². The summed E-state index contributed by atoms with van der Waals surface area (Å²) in [7, 11) is 0. The molecule has 0 atom stereocenters. The molecule has 190 valence electrons. The monoisotopic (exact) mass is 582 g/mol. The van der Waals surface area contributed by atoms with Crippen LogP contribution in [0.3, 0.4) is 0 Å². The third-order valence-electron chi connectivity index (χ3n) is 5.62. The van der Waals surface area contributed by atoms with Gasteiger partial charge >= 0.3 is 6.03 Å². The van der Waals surface area contributed by atoms with Gasteiger partial charge in [0.25, 0.3) is 11.8 Å². The molecule has 3 aromatic rings. The highest BCUT2D eigenvalue weighted by molar-refractivity contribution is 9.10. The van der Waals surface area contributed by atoms with Crippen LogP contribution in [0.25, 0.3) is 6.08 Å². The molecule has 1 heterocycles. The zero-order chi connectivity index (χ0) is 26.5. The lowest BCUT2D eigenvalue weighted by Crippen LogP contribution is -2.54. The number of carbonyl (C=O) groups excluding carboxylic acids is 3. The summed E-state index contributed by atoms with van der Waals surface area (Å²) in [5, 5.41) is 2.85. The lowest BCUT2D eigenvalue weighted by Gasteiger charge is -2.26. The Balaban J connectivity index is 1.65. The molecule has 0 aliphatic carbocycles. The fraction of sp³-hybridized carbons (Fsp3) is 0.179. The molecule has 0 radical (unpaired) electrons. The van der Waals surface area contributed by atoms with Gasteiger partial charge in [-0.05, 0) is 88.4 Å². The number of anilines is 1. The molecule has 3 aromatic carbocycles. The second-order valence-corrected chi connectivity index (χ2v) is 9.45. The molecule has 4 amide bonds. The minimum atomic E-state index is -0.794. The number of nitrogens with one attached hydrogen (secondary N) is 1. The molecule has 0 unspecified atom stereocenters. The number of amides is 4. The molecule has 0 aromatic heterocycles. The number of nitrogens with zero attached hydrogens (tertiary/aromatic N) is 1. The number of hydrogen-bond donors (Lipinski definition) is 1. The van der Waals surface area contributed by atoms with E-state index in [0.29, 0.717) is 38.9 Å². The van der Waals surface area contributed by atoms with Crippen molar-refractivity contribution in [2.24, 2.45) is 0 Å². The molecule has 7 nitrogen and oxygen atoms in total. The van der Waals surface area contributed by atoms with Crippen LogP contribution in [0.4, 0.5) is 10.5 Å². The van der Waals surface area contributed by atoms with Gasteiger partial charge in [0.05, 0.1) is 16.8 Å². The maximum Gasteiger partial charge on any atom is 0.335 e. The zero-order valence-corrected chi connectivity index (χ0v) is 22.6. The molecule has 9 heteroatoms. The Morgan fingerprint density at radius 2 is 1.73 bits per heavy atom. The van der Waals surface area contributed by atoms with Gasteiger partial charge in [-0.2, -0.15) is 0 Å². The maximum atomic E-state index is 13.3. The Labute approximate surface area is 228 Å². The van der Waals surface area contributed by atoms with E-state index in [1.807, 2.05) is 44.2 Å². The molecule has 0 spiro atoms. The van der Waals surface area contributed by atoms with Gasteiger partial charge in [0.2, 0.25) is 0 Å². The smallest absolute Gasteiger partial charge is 0.335 e. The fourth-order valence-corrected chi connectivity index (χ4v) is 4.58. The van der Waals surface area contributed by atoms with Crippen LogP contribution < -0.4 is 19.7 Å². The van der Waals surface area contributed by atoms with E-state index < -0.39 is 17.8 Å². The van der Waals surface area contributed by atoms with Gasteiger partial charge in [-0.15, -0.1) is 0 Å². The van der Waals surface area contributed by atoms with E-state index in [0.717, 1.165) is 22.4 Å². The van der Waals surface area contributed by atoms with Gasteiger partial charge in [0.1, 0.15) is 12.2 Å². The summed E-state index contributed by atoms with van der Waals surface area (Å²) in [5.41, 5.74) is 2.65. The maximum absolute atomic E-state index is 13.3. The van der Waals surface area contributed by atoms with Gasteiger partial charge < -0.3 is 9.47 Å². The molecule has 1 saturated heterocycles. The first-order valence-corrected chi connectivity index (χ1v) is 12.8. The van der Waals surface area contributed by atoms with Crippen molar-refractivity contribution in [3.05, 3.63) is 92.4 Å². The highest BCUT2D eigenvalue weighted by Crippen LogP contribution is 2.38. The summed E-state index contributed by atoms with van der Waals surface area (Å²) < 4.78 is 12.4. The number of rotatable bonds is 8. The first-order chi connectivity index (χ1) is 17.8. The number of hydrogen-bond acceptors (Lipinski definition) is 5. The summed E-state index contributed by atoms with van der Waals surface area (Å²) in [6.45, 7) is 4.48. The van der Waals surface area contributed by atoms with E-state index in [1.54, 1.807) is 30.3 Å². The molecular formula is C28H24BrClN2O5. The summed E-state index contributed by atoms with van der Waals surface area (Å²) >= 11 is 9.58. The Bertz CT molecular complexity index is 1390. The number of halogens is 2. The Morgan fingerprint density at radius 3 is 2.41 bits per heavy atom. The number of carbonyl (C=O) groups is 3. The second kappa shape index (κ2) is 11.6. The van der Waals surface area contributed by atoms with E-state index in [4.69, 9.17) is 21.1 Å². The fourth-order valence-electron chi connectivity index (χ4n) is 3.80. The normalized spacial score (nSPS) is 14.6. The van der Waals surface area contributed by atoms with Crippen molar-refractivity contribution in [1.82, 2.24) is 5.32 Å². The molecule has 1 aliphatic rings. The molecule has 1 aliphatic heterocycles. The Morgan fingerprint density at radius 1 is 0.973 bits per heavy atom. The Kier molecular flexibility index (Phi) is 8.31. The number of urea groups is 1. The molecule has 1 N–H and O–H groups in total. The van der Waals surface area contributed by atoms with Gasteiger partial charge in [-0.1, -0.05) is 42.8 Å². The third kappa shape index (κ3) is 6.03. The van der Waals surface area contributed by atoms with Crippen molar-refractivity contribution in [3.63, 3.8) is 0 Å². The summed E-state index contributed by atoms with van der Waals surface area (Å²) in [4.78, 5) is 39.3. The molecule has 0 saturated carbocycles. The lowest BCUT2D eigenvalue weighted by atomic mass is 10.1. The van der Waals surface area contributed by atoms with E-state index in [2.05, 4.69) is 21.2 Å². The quantitative estimate of drug-likeness (QED) is 0.248. The largest absolute Gasteiger partial charge is 0.490 e. The number of barbiturate groups is 1. The number of ether oxygens (including phenoxy) is 2. The number of imide groups is 2. The minimum absolute atomic E-state index is 0.180. The topological polar surface area (TPSA) is 84.9 Å². The van der Waals surface area contributed by atoms with Crippen molar-refractivity contribution < 1.29 is 23.9 Å². The molecule has 0 bridgehead atoms. The van der Waals surface area contributed by atoms with E-state index in [-0.39, 0.29) is 12.2 Å². The van der Waals surface area contributed by atoms with Crippen LogP contribution >= 0.6 is 27.5 Å². The van der Waals surface area contributed by atoms with Gasteiger partial charge in [0.15, 0.2) is 11.5 Å². The zero-order valence-electron chi connectivity index (χ0n) is 20.2.